The quantitative estimate of drug-likeness (QED) is 0.851. The standard InChI is InChI=1S/C17H22N4O3/c1-23-12-9-18-17(22)21-10-7-14(8-11-21)16-19-15(20-24-16)13-5-3-2-4-6-13/h2-6,14H,7-12H2,1H3,(H,18,22). The summed E-state index contributed by atoms with van der Waals surface area (Å²) < 4.78 is 10.4. The second-order valence-electron chi connectivity index (χ2n) is 5.81. The van der Waals surface area contributed by atoms with E-state index in [0.717, 1.165) is 18.4 Å². The minimum absolute atomic E-state index is 0.0407. The van der Waals surface area contributed by atoms with Crippen molar-refractivity contribution in [1.29, 1.82) is 0 Å². The van der Waals surface area contributed by atoms with Crippen LogP contribution in [-0.2, 0) is 4.74 Å². The average molecular weight is 330 g/mol. The number of hydrogen-bond acceptors (Lipinski definition) is 5. The Morgan fingerprint density at radius 2 is 2.08 bits per heavy atom. The zero-order valence-corrected chi connectivity index (χ0v) is 13.8. The minimum Gasteiger partial charge on any atom is -0.383 e. The smallest absolute Gasteiger partial charge is 0.317 e. The van der Waals surface area contributed by atoms with Gasteiger partial charge in [0.1, 0.15) is 0 Å². The van der Waals surface area contributed by atoms with Gasteiger partial charge in [0.15, 0.2) is 0 Å². The monoisotopic (exact) mass is 330 g/mol. The van der Waals surface area contributed by atoms with Crippen molar-refractivity contribution >= 4 is 6.03 Å². The van der Waals surface area contributed by atoms with E-state index in [1.54, 1.807) is 7.11 Å². The molecular formula is C17H22N4O3. The number of piperidine rings is 1. The third kappa shape index (κ3) is 3.91. The van der Waals surface area contributed by atoms with Crippen LogP contribution in [0, 0.1) is 0 Å². The topological polar surface area (TPSA) is 80.5 Å². The van der Waals surface area contributed by atoms with Gasteiger partial charge >= 0.3 is 6.03 Å². The van der Waals surface area contributed by atoms with Crippen LogP contribution in [0.4, 0.5) is 4.79 Å². The Morgan fingerprint density at radius 3 is 2.79 bits per heavy atom. The zero-order valence-electron chi connectivity index (χ0n) is 13.8. The molecule has 0 bridgehead atoms. The molecule has 0 radical (unpaired) electrons. The van der Waals surface area contributed by atoms with Gasteiger partial charge in [0.2, 0.25) is 11.7 Å². The number of likely N-dealkylation sites (tertiary alicyclic amines) is 1. The molecule has 2 heterocycles. The van der Waals surface area contributed by atoms with Crippen LogP contribution in [0.25, 0.3) is 11.4 Å². The molecule has 1 saturated heterocycles. The van der Waals surface area contributed by atoms with Gasteiger partial charge in [0.05, 0.1) is 6.61 Å². The van der Waals surface area contributed by atoms with E-state index in [9.17, 15) is 4.79 Å². The van der Waals surface area contributed by atoms with E-state index in [4.69, 9.17) is 9.26 Å². The lowest BCUT2D eigenvalue weighted by atomic mass is 9.97. The molecule has 0 spiro atoms. The number of urea groups is 1. The molecular weight excluding hydrogens is 308 g/mol. The number of amides is 2. The summed E-state index contributed by atoms with van der Waals surface area (Å²) >= 11 is 0. The van der Waals surface area contributed by atoms with Gasteiger partial charge in [0.25, 0.3) is 0 Å². The normalized spacial score (nSPS) is 15.5. The minimum atomic E-state index is -0.0407. The lowest BCUT2D eigenvalue weighted by Gasteiger charge is -2.30. The third-order valence-corrected chi connectivity index (χ3v) is 4.19. The Kier molecular flexibility index (Phi) is 5.43. The van der Waals surface area contributed by atoms with Crippen LogP contribution < -0.4 is 5.32 Å². The van der Waals surface area contributed by atoms with Crippen molar-refractivity contribution < 1.29 is 14.1 Å². The highest BCUT2D eigenvalue weighted by molar-refractivity contribution is 5.74. The van der Waals surface area contributed by atoms with E-state index in [0.29, 0.717) is 38.0 Å². The van der Waals surface area contributed by atoms with E-state index in [2.05, 4.69) is 15.5 Å². The van der Waals surface area contributed by atoms with Gasteiger partial charge in [-0.25, -0.2) is 4.79 Å². The van der Waals surface area contributed by atoms with Gasteiger partial charge in [-0.2, -0.15) is 4.98 Å². The molecule has 24 heavy (non-hydrogen) atoms. The van der Waals surface area contributed by atoms with Gasteiger partial charge in [0, 0.05) is 38.2 Å². The molecule has 7 heteroatoms. The van der Waals surface area contributed by atoms with Gasteiger partial charge in [-0.3, -0.25) is 0 Å². The number of methoxy groups -OCH3 is 1. The van der Waals surface area contributed by atoms with Crippen molar-refractivity contribution in [3.8, 4) is 11.4 Å². The van der Waals surface area contributed by atoms with E-state index in [1.807, 2.05) is 35.2 Å². The molecule has 3 rings (SSSR count). The predicted molar refractivity (Wildman–Crippen MR) is 88.6 cm³/mol. The molecule has 1 N–H and O–H groups in total. The Morgan fingerprint density at radius 1 is 1.33 bits per heavy atom. The fourth-order valence-corrected chi connectivity index (χ4v) is 2.81. The summed E-state index contributed by atoms with van der Waals surface area (Å²) in [6.45, 7) is 2.42. The molecule has 2 amide bonds. The van der Waals surface area contributed by atoms with Crippen LogP contribution in [-0.4, -0.2) is 54.4 Å². The molecule has 1 fully saturated rings. The summed E-state index contributed by atoms with van der Waals surface area (Å²) in [7, 11) is 1.62. The van der Waals surface area contributed by atoms with Crippen LogP contribution in [0.1, 0.15) is 24.7 Å². The van der Waals surface area contributed by atoms with Crippen molar-refractivity contribution in [2.45, 2.75) is 18.8 Å². The lowest BCUT2D eigenvalue weighted by molar-refractivity contribution is 0.165. The molecule has 0 atom stereocenters. The van der Waals surface area contributed by atoms with E-state index in [-0.39, 0.29) is 11.9 Å². The molecule has 7 nitrogen and oxygen atoms in total. The fourth-order valence-electron chi connectivity index (χ4n) is 2.81. The van der Waals surface area contributed by atoms with Crippen LogP contribution >= 0.6 is 0 Å². The summed E-state index contributed by atoms with van der Waals surface area (Å²) in [5, 5.41) is 6.92. The number of nitrogens with zero attached hydrogens (tertiary/aromatic N) is 3. The maximum absolute atomic E-state index is 12.0. The number of carbonyl (C=O) groups is 1. The van der Waals surface area contributed by atoms with Crippen molar-refractivity contribution in [3.63, 3.8) is 0 Å². The highest BCUT2D eigenvalue weighted by Crippen LogP contribution is 2.28. The number of aromatic nitrogens is 2. The number of hydrogen-bond donors (Lipinski definition) is 1. The Bertz CT molecular complexity index is 651. The lowest BCUT2D eigenvalue weighted by Crippen LogP contribution is -2.44. The van der Waals surface area contributed by atoms with Gasteiger partial charge in [-0.05, 0) is 12.8 Å². The highest BCUT2D eigenvalue weighted by atomic mass is 16.5. The second kappa shape index (κ2) is 7.92. The highest BCUT2D eigenvalue weighted by Gasteiger charge is 2.27. The van der Waals surface area contributed by atoms with E-state index in [1.165, 1.54) is 0 Å². The van der Waals surface area contributed by atoms with Crippen LogP contribution in [0.2, 0.25) is 0 Å². The van der Waals surface area contributed by atoms with Crippen molar-refractivity contribution in [3.05, 3.63) is 36.2 Å². The number of carbonyl (C=O) groups excluding carboxylic acids is 1. The number of ether oxygens (including phenoxy) is 1. The first-order chi connectivity index (χ1) is 11.8. The van der Waals surface area contributed by atoms with Gasteiger partial charge in [-0.1, -0.05) is 35.5 Å². The van der Waals surface area contributed by atoms with Crippen molar-refractivity contribution in [2.75, 3.05) is 33.4 Å². The van der Waals surface area contributed by atoms with Crippen molar-refractivity contribution in [1.82, 2.24) is 20.4 Å². The Balaban J connectivity index is 1.54. The molecule has 1 aliphatic rings. The predicted octanol–water partition coefficient (Wildman–Crippen LogP) is 2.27. The van der Waals surface area contributed by atoms with Crippen LogP contribution in [0.15, 0.2) is 34.9 Å². The molecule has 1 aromatic carbocycles. The first-order valence-electron chi connectivity index (χ1n) is 8.18. The van der Waals surface area contributed by atoms with Gasteiger partial charge < -0.3 is 19.5 Å². The summed E-state index contributed by atoms with van der Waals surface area (Å²) in [6, 6.07) is 9.74. The molecule has 128 valence electrons. The second-order valence-corrected chi connectivity index (χ2v) is 5.81. The first-order valence-corrected chi connectivity index (χ1v) is 8.18. The largest absolute Gasteiger partial charge is 0.383 e. The van der Waals surface area contributed by atoms with Crippen LogP contribution in [0.3, 0.4) is 0 Å². The van der Waals surface area contributed by atoms with E-state index < -0.39 is 0 Å². The summed E-state index contributed by atoms with van der Waals surface area (Å²) in [6.07, 6.45) is 1.66. The zero-order chi connectivity index (χ0) is 16.8. The Hall–Kier alpha value is -2.41. The van der Waals surface area contributed by atoms with Gasteiger partial charge in [-0.15, -0.1) is 0 Å². The SMILES string of the molecule is COCCNC(=O)N1CCC(c2nc(-c3ccccc3)no2)CC1. The molecule has 0 saturated carbocycles. The number of benzene rings is 1. The molecule has 1 aromatic heterocycles. The van der Waals surface area contributed by atoms with E-state index >= 15 is 0 Å². The number of rotatable bonds is 5. The molecule has 0 aliphatic carbocycles. The average Bonchev–Trinajstić information content (AvgIpc) is 3.13. The maximum Gasteiger partial charge on any atom is 0.317 e. The Labute approximate surface area is 141 Å². The molecule has 0 unspecified atom stereocenters. The maximum atomic E-state index is 12.0. The summed E-state index contributed by atoms with van der Waals surface area (Å²) in [5.41, 5.74) is 0.947. The van der Waals surface area contributed by atoms with Crippen LogP contribution in [0.5, 0.6) is 0 Å². The first kappa shape index (κ1) is 16.4. The number of nitrogens with one attached hydrogen (secondary N) is 1. The summed E-state index contributed by atoms with van der Waals surface area (Å²) in [4.78, 5) is 18.4. The third-order valence-electron chi connectivity index (χ3n) is 4.19. The summed E-state index contributed by atoms with van der Waals surface area (Å²) in [5.74, 6) is 1.48. The van der Waals surface area contributed by atoms with Crippen molar-refractivity contribution in [2.24, 2.45) is 0 Å². The fraction of sp³-hybridized carbons (Fsp3) is 0.471. The molecule has 1 aliphatic heterocycles. The molecule has 2 aromatic rings.